The molecule has 0 saturated heterocycles. The Balaban J connectivity index is 2.28. The fraction of sp³-hybridized carbons (Fsp3) is 0.0833. The summed E-state index contributed by atoms with van der Waals surface area (Å²) in [5, 5.41) is 2.75. The number of fused-ring (bicyclic) bond motifs is 2. The zero-order valence-electron chi connectivity index (χ0n) is 8.70. The summed E-state index contributed by atoms with van der Waals surface area (Å²) in [7, 11) is 0. The van der Waals surface area contributed by atoms with E-state index in [0.717, 1.165) is 5.52 Å². The minimum atomic E-state index is -0.974. The molecule has 0 aliphatic heterocycles. The van der Waals surface area contributed by atoms with Crippen molar-refractivity contribution >= 4 is 22.9 Å². The van der Waals surface area contributed by atoms with Crippen LogP contribution >= 0.6 is 0 Å². The van der Waals surface area contributed by atoms with Gasteiger partial charge in [-0.2, -0.15) is 0 Å². The number of carbonyl (C=O) groups excluding carboxylic acids is 1. The van der Waals surface area contributed by atoms with E-state index in [4.69, 9.17) is 0 Å². The number of nitroso groups, excluding NO2 is 1. The number of para-hydroxylation sites is 2. The van der Waals surface area contributed by atoms with Gasteiger partial charge in [-0.3, -0.25) is 4.79 Å². The second kappa shape index (κ2) is 3.55. The number of carbonyl (C=O) groups is 1. The molecule has 0 fully saturated rings. The molecule has 1 atom stereocenters. The fourth-order valence-corrected chi connectivity index (χ4v) is 1.80. The molecule has 0 saturated carbocycles. The van der Waals surface area contributed by atoms with Crippen molar-refractivity contribution < 1.29 is 4.79 Å². The maximum Gasteiger partial charge on any atom is 0.215 e. The zero-order chi connectivity index (χ0) is 11.8. The summed E-state index contributed by atoms with van der Waals surface area (Å²) in [6.07, 6.45) is 3.06. The Morgan fingerprint density at radius 2 is 1.82 bits per heavy atom. The van der Waals surface area contributed by atoms with Gasteiger partial charge < -0.3 is 0 Å². The highest BCUT2D eigenvalue weighted by molar-refractivity contribution is 6.05. The summed E-state index contributed by atoms with van der Waals surface area (Å²) in [5.74, 6) is -0.393. The number of aromatic nitrogens is 2. The van der Waals surface area contributed by atoms with Crippen LogP contribution in [-0.2, 0) is 0 Å². The molecular formula is C12H7N3O2. The predicted molar refractivity (Wildman–Crippen MR) is 62.5 cm³/mol. The van der Waals surface area contributed by atoms with Crippen LogP contribution in [-0.4, -0.2) is 21.8 Å². The van der Waals surface area contributed by atoms with Crippen LogP contribution < -0.4 is 0 Å². The molecule has 0 N–H and O–H groups in total. The largest absolute Gasteiger partial charge is 0.289 e. The lowest BCUT2D eigenvalue weighted by Gasteiger charge is -2.11. The Hall–Kier alpha value is -2.43. The van der Waals surface area contributed by atoms with Gasteiger partial charge in [0.15, 0.2) is 6.04 Å². The minimum Gasteiger partial charge on any atom is -0.289 e. The SMILES string of the molecule is O=NC1C=Cc2nc3ccccc3nc2C1=O. The lowest BCUT2D eigenvalue weighted by molar-refractivity contribution is 0.0972. The van der Waals surface area contributed by atoms with Crippen molar-refractivity contribution in [1.29, 1.82) is 0 Å². The highest BCUT2D eigenvalue weighted by Gasteiger charge is 2.26. The average Bonchev–Trinajstić information content (AvgIpc) is 2.37. The Bertz CT molecular complexity index is 664. The second-order valence-corrected chi connectivity index (χ2v) is 3.72. The predicted octanol–water partition coefficient (Wildman–Crippen LogP) is 1.97. The van der Waals surface area contributed by atoms with E-state index in [9.17, 15) is 9.70 Å². The monoisotopic (exact) mass is 225 g/mol. The average molecular weight is 225 g/mol. The van der Waals surface area contributed by atoms with Crippen LogP contribution in [0.1, 0.15) is 16.2 Å². The maximum absolute atomic E-state index is 11.8. The molecule has 82 valence electrons. The third-order valence-electron chi connectivity index (χ3n) is 2.65. The van der Waals surface area contributed by atoms with E-state index in [-0.39, 0.29) is 5.69 Å². The third-order valence-corrected chi connectivity index (χ3v) is 2.65. The first-order valence-electron chi connectivity index (χ1n) is 5.11. The maximum atomic E-state index is 11.8. The second-order valence-electron chi connectivity index (χ2n) is 3.72. The first-order valence-corrected chi connectivity index (χ1v) is 5.11. The number of rotatable bonds is 1. The summed E-state index contributed by atoms with van der Waals surface area (Å²) in [6, 6.07) is 6.30. The van der Waals surface area contributed by atoms with Gasteiger partial charge in [0, 0.05) is 0 Å². The molecule has 0 amide bonds. The Morgan fingerprint density at radius 1 is 1.12 bits per heavy atom. The highest BCUT2D eigenvalue weighted by Crippen LogP contribution is 2.20. The lowest BCUT2D eigenvalue weighted by Crippen LogP contribution is -2.22. The van der Waals surface area contributed by atoms with Crippen LogP contribution in [0.3, 0.4) is 0 Å². The molecule has 1 unspecified atom stereocenters. The fourth-order valence-electron chi connectivity index (χ4n) is 1.80. The first-order chi connectivity index (χ1) is 8.29. The molecule has 17 heavy (non-hydrogen) atoms. The molecule has 3 rings (SSSR count). The van der Waals surface area contributed by atoms with Crippen molar-refractivity contribution in [3.05, 3.63) is 46.6 Å². The summed E-state index contributed by atoms with van der Waals surface area (Å²) in [6.45, 7) is 0. The van der Waals surface area contributed by atoms with Gasteiger partial charge in [0.1, 0.15) is 5.69 Å². The van der Waals surface area contributed by atoms with Gasteiger partial charge in [-0.1, -0.05) is 17.3 Å². The Morgan fingerprint density at radius 3 is 2.53 bits per heavy atom. The summed E-state index contributed by atoms with van der Waals surface area (Å²) in [4.78, 5) is 30.9. The molecule has 5 nitrogen and oxygen atoms in total. The third kappa shape index (κ3) is 1.44. The molecule has 2 aromatic rings. The minimum absolute atomic E-state index is 0.218. The molecule has 1 aliphatic carbocycles. The van der Waals surface area contributed by atoms with Crippen molar-refractivity contribution in [3.63, 3.8) is 0 Å². The van der Waals surface area contributed by atoms with Gasteiger partial charge in [-0.05, 0) is 24.3 Å². The number of hydrogen-bond acceptors (Lipinski definition) is 5. The van der Waals surface area contributed by atoms with Gasteiger partial charge in [0.05, 0.1) is 16.7 Å². The van der Waals surface area contributed by atoms with E-state index < -0.39 is 11.8 Å². The van der Waals surface area contributed by atoms with Crippen LogP contribution in [0.2, 0.25) is 0 Å². The van der Waals surface area contributed by atoms with Crippen LogP contribution in [0.15, 0.2) is 35.5 Å². The molecule has 0 radical (unpaired) electrons. The lowest BCUT2D eigenvalue weighted by atomic mass is 10.0. The van der Waals surface area contributed by atoms with Gasteiger partial charge in [0.25, 0.3) is 0 Å². The number of hydrogen-bond donors (Lipinski definition) is 0. The summed E-state index contributed by atoms with van der Waals surface area (Å²) >= 11 is 0. The standard InChI is InChI=1S/C12H7N3O2/c16-12-10(15-17)6-5-9-11(12)14-8-4-2-1-3-7(8)13-9/h1-6,10H. The molecule has 1 heterocycles. The van der Waals surface area contributed by atoms with Crippen molar-refractivity contribution in [2.45, 2.75) is 6.04 Å². The summed E-state index contributed by atoms with van der Waals surface area (Å²) < 4.78 is 0. The summed E-state index contributed by atoms with van der Waals surface area (Å²) in [5.41, 5.74) is 2.07. The number of ketones is 1. The van der Waals surface area contributed by atoms with Crippen LogP contribution in [0.25, 0.3) is 17.1 Å². The zero-order valence-corrected chi connectivity index (χ0v) is 8.70. The topological polar surface area (TPSA) is 72.3 Å². The molecular weight excluding hydrogens is 218 g/mol. The molecule has 0 bridgehead atoms. The number of benzene rings is 1. The van der Waals surface area contributed by atoms with E-state index in [1.165, 1.54) is 6.08 Å². The first kappa shape index (κ1) is 9.77. The smallest absolute Gasteiger partial charge is 0.215 e. The van der Waals surface area contributed by atoms with Crippen molar-refractivity contribution in [3.8, 4) is 0 Å². The van der Waals surface area contributed by atoms with E-state index in [1.807, 2.05) is 18.2 Å². The van der Waals surface area contributed by atoms with Crippen molar-refractivity contribution in [2.75, 3.05) is 0 Å². The normalized spacial score (nSPS) is 18.1. The van der Waals surface area contributed by atoms with Gasteiger partial charge in [-0.25, -0.2) is 9.97 Å². The van der Waals surface area contributed by atoms with Crippen LogP contribution in [0.4, 0.5) is 0 Å². The Kier molecular flexibility index (Phi) is 2.04. The molecule has 5 heteroatoms. The number of Topliss-reactive ketones (excluding diaryl/α,β-unsaturated/α-hetero) is 1. The highest BCUT2D eigenvalue weighted by atomic mass is 16.3. The molecule has 0 spiro atoms. The Labute approximate surface area is 96.2 Å². The quantitative estimate of drug-likeness (QED) is 0.695. The molecule has 1 aliphatic rings. The van der Waals surface area contributed by atoms with E-state index in [0.29, 0.717) is 11.2 Å². The van der Waals surface area contributed by atoms with E-state index >= 15 is 0 Å². The van der Waals surface area contributed by atoms with Crippen LogP contribution in [0, 0.1) is 4.91 Å². The van der Waals surface area contributed by atoms with Gasteiger partial charge in [-0.15, -0.1) is 4.91 Å². The van der Waals surface area contributed by atoms with Crippen molar-refractivity contribution in [1.82, 2.24) is 9.97 Å². The van der Waals surface area contributed by atoms with Gasteiger partial charge in [0.2, 0.25) is 5.78 Å². The van der Waals surface area contributed by atoms with Gasteiger partial charge >= 0.3 is 0 Å². The van der Waals surface area contributed by atoms with Crippen LogP contribution in [0.5, 0.6) is 0 Å². The number of nitrogens with zero attached hydrogens (tertiary/aromatic N) is 3. The molecule has 1 aromatic heterocycles. The van der Waals surface area contributed by atoms with Crippen molar-refractivity contribution in [2.24, 2.45) is 5.18 Å². The molecule has 1 aromatic carbocycles. The van der Waals surface area contributed by atoms with E-state index in [2.05, 4.69) is 15.1 Å². The van der Waals surface area contributed by atoms with E-state index in [1.54, 1.807) is 12.1 Å².